The van der Waals surface area contributed by atoms with E-state index in [0.29, 0.717) is 12.1 Å². The van der Waals surface area contributed by atoms with Crippen molar-refractivity contribution in [2.45, 2.75) is 13.3 Å². The lowest BCUT2D eigenvalue weighted by atomic mass is 9.81. The molecule has 1 amide bonds. The van der Waals surface area contributed by atoms with E-state index in [1.807, 2.05) is 67.6 Å². The molecule has 1 aliphatic rings. The minimum Gasteiger partial charge on any atom is -0.359 e. The van der Waals surface area contributed by atoms with E-state index in [-0.39, 0.29) is 17.6 Å². The number of para-hydroxylation sites is 2. The van der Waals surface area contributed by atoms with Gasteiger partial charge in [-0.25, -0.2) is 0 Å². The highest BCUT2D eigenvalue weighted by Gasteiger charge is 2.35. The third kappa shape index (κ3) is 3.71. The van der Waals surface area contributed by atoms with E-state index in [9.17, 15) is 9.59 Å². The van der Waals surface area contributed by atoms with Crippen LogP contribution in [0.15, 0.2) is 72.4 Å². The van der Waals surface area contributed by atoms with Gasteiger partial charge in [0.15, 0.2) is 5.78 Å². The van der Waals surface area contributed by atoms with E-state index in [0.717, 1.165) is 11.4 Å². The van der Waals surface area contributed by atoms with Crippen LogP contribution in [0, 0.1) is 11.8 Å². The lowest BCUT2D eigenvalue weighted by molar-refractivity contribution is -0.130. The van der Waals surface area contributed by atoms with Gasteiger partial charge in [0, 0.05) is 23.1 Å². The molecule has 0 heterocycles. The highest BCUT2D eigenvalue weighted by molar-refractivity contribution is 6.12. The molecule has 0 radical (unpaired) electrons. The lowest BCUT2D eigenvalue weighted by Gasteiger charge is -2.27. The highest BCUT2D eigenvalue weighted by atomic mass is 16.2. The largest absolute Gasteiger partial charge is 0.359 e. The number of ketones is 1. The number of hydrogen-bond acceptors (Lipinski definition) is 3. The van der Waals surface area contributed by atoms with Crippen LogP contribution in [0.3, 0.4) is 0 Å². The summed E-state index contributed by atoms with van der Waals surface area (Å²) in [6.07, 6.45) is 2.22. The molecule has 0 aromatic heterocycles. The first kappa shape index (κ1) is 16.0. The van der Waals surface area contributed by atoms with Crippen LogP contribution in [0.2, 0.25) is 0 Å². The Morgan fingerprint density at radius 2 is 1.54 bits per heavy atom. The topological polar surface area (TPSA) is 58.2 Å². The van der Waals surface area contributed by atoms with Gasteiger partial charge in [-0.1, -0.05) is 43.3 Å². The van der Waals surface area contributed by atoms with Crippen LogP contribution in [0.4, 0.5) is 11.4 Å². The molecular weight excluding hydrogens is 300 g/mol. The second-order valence-corrected chi connectivity index (χ2v) is 6.08. The first-order valence-electron chi connectivity index (χ1n) is 8.06. The van der Waals surface area contributed by atoms with Gasteiger partial charge >= 0.3 is 0 Å². The maximum absolute atomic E-state index is 12.5. The van der Waals surface area contributed by atoms with Gasteiger partial charge in [0.25, 0.3) is 0 Å². The smallest absolute Gasteiger partial charge is 0.235 e. The number of hydrogen-bond donors (Lipinski definition) is 2. The average Bonchev–Trinajstić information content (AvgIpc) is 2.56. The highest BCUT2D eigenvalue weighted by Crippen LogP contribution is 2.29. The van der Waals surface area contributed by atoms with Crippen LogP contribution in [-0.2, 0) is 9.59 Å². The summed E-state index contributed by atoms with van der Waals surface area (Å²) in [6.45, 7) is 1.94. The van der Waals surface area contributed by atoms with E-state index in [1.54, 1.807) is 6.08 Å². The van der Waals surface area contributed by atoms with Crippen LogP contribution in [0.25, 0.3) is 0 Å². The number of amides is 1. The summed E-state index contributed by atoms with van der Waals surface area (Å²) in [5.41, 5.74) is 2.50. The van der Waals surface area contributed by atoms with E-state index in [2.05, 4.69) is 10.6 Å². The van der Waals surface area contributed by atoms with Crippen molar-refractivity contribution in [3.05, 3.63) is 72.4 Å². The van der Waals surface area contributed by atoms with Crippen LogP contribution in [0.5, 0.6) is 0 Å². The summed E-state index contributed by atoms with van der Waals surface area (Å²) in [5.74, 6) is -1.10. The van der Waals surface area contributed by atoms with Gasteiger partial charge in [-0.15, -0.1) is 0 Å². The number of nitrogens with one attached hydrogen (secondary N) is 2. The molecule has 0 aliphatic heterocycles. The van der Waals surface area contributed by atoms with Gasteiger partial charge in [-0.2, -0.15) is 0 Å². The molecule has 122 valence electrons. The molecule has 0 spiro atoms. The lowest BCUT2D eigenvalue weighted by Crippen LogP contribution is -2.37. The zero-order valence-electron chi connectivity index (χ0n) is 13.5. The Morgan fingerprint density at radius 1 is 0.958 bits per heavy atom. The molecule has 3 rings (SSSR count). The van der Waals surface area contributed by atoms with Crippen LogP contribution in [0.1, 0.15) is 13.3 Å². The fourth-order valence-electron chi connectivity index (χ4n) is 2.99. The molecule has 2 atom stereocenters. The molecule has 2 unspecified atom stereocenters. The molecule has 0 saturated heterocycles. The second-order valence-electron chi connectivity index (χ2n) is 6.08. The molecule has 0 saturated carbocycles. The van der Waals surface area contributed by atoms with Gasteiger partial charge < -0.3 is 10.6 Å². The zero-order chi connectivity index (χ0) is 16.9. The van der Waals surface area contributed by atoms with Crippen molar-refractivity contribution in [1.29, 1.82) is 0 Å². The molecule has 0 bridgehead atoms. The minimum absolute atomic E-state index is 0.0579. The SMILES string of the molecule is CC1CC(Nc2ccccc2)=CC(=O)C1C(=O)Nc1ccccc1. The molecule has 2 aromatic carbocycles. The van der Waals surface area contributed by atoms with Gasteiger partial charge in [-0.3, -0.25) is 9.59 Å². The maximum atomic E-state index is 12.5. The zero-order valence-corrected chi connectivity index (χ0v) is 13.5. The Balaban J connectivity index is 1.70. The Labute approximate surface area is 141 Å². The van der Waals surface area contributed by atoms with E-state index >= 15 is 0 Å². The number of rotatable bonds is 4. The van der Waals surface area contributed by atoms with Gasteiger partial charge in [0.1, 0.15) is 5.92 Å². The molecular formula is C20H20N2O2. The first-order valence-corrected chi connectivity index (χ1v) is 8.06. The maximum Gasteiger partial charge on any atom is 0.235 e. The van der Waals surface area contributed by atoms with Crippen molar-refractivity contribution in [2.24, 2.45) is 11.8 Å². The summed E-state index contributed by atoms with van der Waals surface area (Å²) >= 11 is 0. The van der Waals surface area contributed by atoms with Gasteiger partial charge in [-0.05, 0) is 36.6 Å². The fraction of sp³-hybridized carbons (Fsp3) is 0.200. The fourth-order valence-corrected chi connectivity index (χ4v) is 2.99. The van der Waals surface area contributed by atoms with Gasteiger partial charge in [0.05, 0.1) is 0 Å². The molecule has 2 aromatic rings. The predicted molar refractivity (Wildman–Crippen MR) is 95.5 cm³/mol. The van der Waals surface area contributed by atoms with Crippen molar-refractivity contribution in [1.82, 2.24) is 0 Å². The quantitative estimate of drug-likeness (QED) is 0.841. The third-order valence-corrected chi connectivity index (χ3v) is 4.14. The number of benzene rings is 2. The van der Waals surface area contributed by atoms with Crippen LogP contribution in [-0.4, -0.2) is 11.7 Å². The van der Waals surface area contributed by atoms with Crippen molar-refractivity contribution < 1.29 is 9.59 Å². The Hall–Kier alpha value is -2.88. The van der Waals surface area contributed by atoms with Crippen molar-refractivity contribution in [2.75, 3.05) is 10.6 Å². The van der Waals surface area contributed by atoms with E-state index < -0.39 is 5.92 Å². The Morgan fingerprint density at radius 3 is 2.12 bits per heavy atom. The summed E-state index contributed by atoms with van der Waals surface area (Å²) in [5, 5.41) is 6.09. The molecule has 24 heavy (non-hydrogen) atoms. The normalized spacial score (nSPS) is 20.2. The minimum atomic E-state index is -0.647. The van der Waals surface area contributed by atoms with E-state index in [4.69, 9.17) is 0 Å². The van der Waals surface area contributed by atoms with Crippen molar-refractivity contribution in [3.8, 4) is 0 Å². The van der Waals surface area contributed by atoms with E-state index in [1.165, 1.54) is 0 Å². The number of carbonyl (C=O) groups is 2. The van der Waals surface area contributed by atoms with Crippen LogP contribution < -0.4 is 10.6 Å². The summed E-state index contributed by atoms with van der Waals surface area (Å²) in [6, 6.07) is 18.9. The molecule has 1 aliphatic carbocycles. The first-order chi connectivity index (χ1) is 11.6. The number of allylic oxidation sites excluding steroid dienone is 2. The van der Waals surface area contributed by atoms with Crippen molar-refractivity contribution in [3.63, 3.8) is 0 Å². The number of anilines is 2. The predicted octanol–water partition coefficient (Wildman–Crippen LogP) is 3.85. The summed E-state index contributed by atoms with van der Waals surface area (Å²) in [4.78, 5) is 24.9. The Kier molecular flexibility index (Phi) is 4.75. The second kappa shape index (κ2) is 7.13. The monoisotopic (exact) mass is 320 g/mol. The summed E-state index contributed by atoms with van der Waals surface area (Å²) < 4.78 is 0. The molecule has 2 N–H and O–H groups in total. The molecule has 0 fully saturated rings. The van der Waals surface area contributed by atoms with Crippen LogP contribution >= 0.6 is 0 Å². The van der Waals surface area contributed by atoms with Crippen molar-refractivity contribution >= 4 is 23.1 Å². The molecule has 4 heteroatoms. The number of carbonyl (C=O) groups excluding carboxylic acids is 2. The average molecular weight is 320 g/mol. The Bertz CT molecular complexity index is 754. The standard InChI is InChI=1S/C20H20N2O2/c1-14-12-17(21-15-8-4-2-5-9-15)13-18(23)19(14)20(24)22-16-10-6-3-7-11-16/h2-11,13-14,19,21H,12H2,1H3,(H,22,24). The third-order valence-electron chi connectivity index (χ3n) is 4.14. The van der Waals surface area contributed by atoms with Gasteiger partial charge in [0.2, 0.25) is 5.91 Å². The molecule has 4 nitrogen and oxygen atoms in total. The summed E-state index contributed by atoms with van der Waals surface area (Å²) in [7, 11) is 0.